The number of anilines is 1. The summed E-state index contributed by atoms with van der Waals surface area (Å²) in [7, 11) is 0. The third kappa shape index (κ3) is 3.68. The molecule has 3 aromatic rings. The Morgan fingerprint density at radius 2 is 2.17 bits per heavy atom. The molecule has 0 aliphatic carbocycles. The Morgan fingerprint density at radius 3 is 2.96 bits per heavy atom. The van der Waals surface area contributed by atoms with Crippen LogP contribution in [0.3, 0.4) is 0 Å². The molecule has 3 rings (SSSR count). The predicted molar refractivity (Wildman–Crippen MR) is 96.5 cm³/mol. The first-order chi connectivity index (χ1) is 11.7. The van der Waals surface area contributed by atoms with E-state index in [1.807, 2.05) is 17.5 Å². The Bertz CT molecular complexity index is 863. The lowest BCUT2D eigenvalue weighted by molar-refractivity contribution is -0.384. The number of aromatic nitrogens is 2. The summed E-state index contributed by atoms with van der Waals surface area (Å²) in [6.45, 7) is 2.63. The fourth-order valence-electron chi connectivity index (χ4n) is 2.45. The quantitative estimate of drug-likeness (QED) is 0.503. The fourth-order valence-corrected chi connectivity index (χ4v) is 3.23. The molecule has 124 valence electrons. The van der Waals surface area contributed by atoms with Gasteiger partial charge in [-0.1, -0.05) is 25.5 Å². The van der Waals surface area contributed by atoms with Gasteiger partial charge in [-0.25, -0.2) is 9.97 Å². The van der Waals surface area contributed by atoms with Crippen LogP contribution in [0.15, 0.2) is 35.7 Å². The lowest BCUT2D eigenvalue weighted by atomic mass is 10.2. The third-order valence-corrected chi connectivity index (χ3v) is 4.51. The van der Waals surface area contributed by atoms with Crippen LogP contribution in [0, 0.1) is 10.1 Å². The summed E-state index contributed by atoms with van der Waals surface area (Å²) in [6.07, 6.45) is 3.01. The molecule has 7 heteroatoms. The van der Waals surface area contributed by atoms with Crippen LogP contribution in [-0.4, -0.2) is 14.9 Å². The Hall–Kier alpha value is -2.54. The number of non-ortho nitro benzene ring substituents is 1. The van der Waals surface area contributed by atoms with Gasteiger partial charge in [-0.2, -0.15) is 0 Å². The maximum atomic E-state index is 10.9. The van der Waals surface area contributed by atoms with E-state index in [2.05, 4.69) is 22.2 Å². The second-order valence-corrected chi connectivity index (χ2v) is 6.41. The van der Waals surface area contributed by atoms with E-state index in [-0.39, 0.29) is 10.6 Å². The summed E-state index contributed by atoms with van der Waals surface area (Å²) < 4.78 is 0. The van der Waals surface area contributed by atoms with E-state index in [4.69, 9.17) is 0 Å². The monoisotopic (exact) mass is 342 g/mol. The van der Waals surface area contributed by atoms with Crippen molar-refractivity contribution in [1.82, 2.24) is 9.97 Å². The van der Waals surface area contributed by atoms with E-state index in [9.17, 15) is 10.1 Å². The average molecular weight is 342 g/mol. The molecule has 0 saturated carbocycles. The number of benzene rings is 1. The topological polar surface area (TPSA) is 81.0 Å². The maximum Gasteiger partial charge on any atom is 0.269 e. The summed E-state index contributed by atoms with van der Waals surface area (Å²) in [6, 6.07) is 8.64. The van der Waals surface area contributed by atoms with Crippen molar-refractivity contribution in [1.29, 1.82) is 0 Å². The lowest BCUT2D eigenvalue weighted by Crippen LogP contribution is -2.05. The van der Waals surface area contributed by atoms with Crippen LogP contribution >= 0.6 is 11.3 Å². The molecule has 0 spiro atoms. The van der Waals surface area contributed by atoms with Gasteiger partial charge in [0.2, 0.25) is 0 Å². The number of nitro groups is 1. The third-order valence-electron chi connectivity index (χ3n) is 3.71. The number of hydrogen-bond acceptors (Lipinski definition) is 6. The number of fused-ring (bicyclic) bond motifs is 1. The first kappa shape index (κ1) is 16.3. The van der Waals surface area contributed by atoms with Gasteiger partial charge in [0.05, 0.1) is 10.3 Å². The zero-order valence-electron chi connectivity index (χ0n) is 13.4. The van der Waals surface area contributed by atoms with Gasteiger partial charge in [0.1, 0.15) is 16.5 Å². The lowest BCUT2D eigenvalue weighted by Gasteiger charge is -2.09. The summed E-state index contributed by atoms with van der Waals surface area (Å²) in [5.41, 5.74) is 0.947. The second-order valence-electron chi connectivity index (χ2n) is 5.51. The summed E-state index contributed by atoms with van der Waals surface area (Å²) in [5.74, 6) is 1.63. The van der Waals surface area contributed by atoms with E-state index in [0.29, 0.717) is 6.54 Å². The Labute approximate surface area is 143 Å². The summed E-state index contributed by atoms with van der Waals surface area (Å²) >= 11 is 1.60. The Balaban J connectivity index is 1.82. The average Bonchev–Trinajstić information content (AvgIpc) is 3.06. The zero-order valence-corrected chi connectivity index (χ0v) is 14.2. The molecule has 1 N–H and O–H groups in total. The van der Waals surface area contributed by atoms with Crippen molar-refractivity contribution in [2.45, 2.75) is 32.7 Å². The van der Waals surface area contributed by atoms with Crippen LogP contribution in [0.2, 0.25) is 0 Å². The number of unbranched alkanes of at least 4 members (excludes halogenated alkanes) is 1. The molecule has 0 bridgehead atoms. The predicted octanol–water partition coefficient (Wildman–Crippen LogP) is 4.55. The molecule has 2 aromatic heterocycles. The van der Waals surface area contributed by atoms with Crippen molar-refractivity contribution in [3.63, 3.8) is 0 Å². The number of nitro benzene ring substituents is 1. The molecule has 0 aliphatic heterocycles. The molecule has 2 heterocycles. The van der Waals surface area contributed by atoms with Crippen LogP contribution in [0.25, 0.3) is 10.2 Å². The highest BCUT2D eigenvalue weighted by atomic mass is 32.1. The maximum absolute atomic E-state index is 10.9. The van der Waals surface area contributed by atoms with Gasteiger partial charge in [-0.05, 0) is 23.4 Å². The molecular formula is C17H18N4O2S. The van der Waals surface area contributed by atoms with Crippen molar-refractivity contribution in [3.05, 3.63) is 57.2 Å². The number of hydrogen-bond donors (Lipinski definition) is 1. The molecule has 6 nitrogen and oxygen atoms in total. The van der Waals surface area contributed by atoms with Crippen LogP contribution < -0.4 is 5.32 Å². The zero-order chi connectivity index (χ0) is 16.9. The van der Waals surface area contributed by atoms with Crippen molar-refractivity contribution in [2.24, 2.45) is 0 Å². The summed E-state index contributed by atoms with van der Waals surface area (Å²) in [4.78, 5) is 20.7. The first-order valence-corrected chi connectivity index (χ1v) is 8.76. The van der Waals surface area contributed by atoms with E-state index in [1.54, 1.807) is 23.5 Å². The smallest absolute Gasteiger partial charge is 0.269 e. The largest absolute Gasteiger partial charge is 0.365 e. The van der Waals surface area contributed by atoms with Gasteiger partial charge in [0.15, 0.2) is 0 Å². The van der Waals surface area contributed by atoms with Gasteiger partial charge < -0.3 is 5.32 Å². The molecule has 1 aromatic carbocycles. The van der Waals surface area contributed by atoms with Gasteiger partial charge in [-0.3, -0.25) is 10.1 Å². The van der Waals surface area contributed by atoms with Crippen LogP contribution in [0.5, 0.6) is 0 Å². The minimum Gasteiger partial charge on any atom is -0.365 e. The Morgan fingerprint density at radius 1 is 1.29 bits per heavy atom. The molecule has 0 fully saturated rings. The number of nitrogens with one attached hydrogen (secondary N) is 1. The molecule has 0 amide bonds. The minimum absolute atomic E-state index is 0.0984. The van der Waals surface area contributed by atoms with E-state index >= 15 is 0 Å². The van der Waals surface area contributed by atoms with Crippen molar-refractivity contribution in [3.8, 4) is 0 Å². The first-order valence-electron chi connectivity index (χ1n) is 7.88. The highest BCUT2D eigenvalue weighted by molar-refractivity contribution is 7.16. The molecule has 24 heavy (non-hydrogen) atoms. The normalized spacial score (nSPS) is 10.9. The number of thiophene rings is 1. The van der Waals surface area contributed by atoms with E-state index in [1.165, 1.54) is 6.07 Å². The summed E-state index contributed by atoms with van der Waals surface area (Å²) in [5, 5.41) is 17.2. The molecule has 0 atom stereocenters. The minimum atomic E-state index is -0.381. The fraction of sp³-hybridized carbons (Fsp3) is 0.294. The van der Waals surface area contributed by atoms with Gasteiger partial charge in [0, 0.05) is 25.1 Å². The van der Waals surface area contributed by atoms with Crippen LogP contribution in [-0.2, 0) is 13.0 Å². The van der Waals surface area contributed by atoms with E-state index < -0.39 is 0 Å². The SMILES string of the molecule is CCCCc1nc(NCc2cccc([N+](=O)[O-])c2)c2ccsc2n1. The molecule has 0 aliphatic rings. The molecular weight excluding hydrogens is 324 g/mol. The van der Waals surface area contributed by atoms with Crippen molar-refractivity contribution in [2.75, 3.05) is 5.32 Å². The number of aryl methyl sites for hydroxylation is 1. The van der Waals surface area contributed by atoms with Gasteiger partial charge in [0.25, 0.3) is 5.69 Å². The highest BCUT2D eigenvalue weighted by Gasteiger charge is 2.10. The van der Waals surface area contributed by atoms with Crippen LogP contribution in [0.4, 0.5) is 11.5 Å². The van der Waals surface area contributed by atoms with Gasteiger partial charge >= 0.3 is 0 Å². The van der Waals surface area contributed by atoms with Crippen molar-refractivity contribution >= 4 is 33.1 Å². The standard InChI is InChI=1S/C17H18N4O2S/c1-2-3-7-15-19-16(14-8-9-24-17(14)20-15)18-11-12-5-4-6-13(10-12)21(22)23/h4-6,8-10H,2-3,7,11H2,1H3,(H,18,19,20). The molecule has 0 saturated heterocycles. The van der Waals surface area contributed by atoms with Crippen LogP contribution in [0.1, 0.15) is 31.2 Å². The number of nitrogens with zero attached hydrogens (tertiary/aromatic N) is 3. The van der Waals surface area contributed by atoms with Gasteiger partial charge in [-0.15, -0.1) is 11.3 Å². The number of rotatable bonds is 7. The van der Waals surface area contributed by atoms with E-state index in [0.717, 1.165) is 46.7 Å². The second kappa shape index (κ2) is 7.35. The molecule has 0 radical (unpaired) electrons. The Kier molecular flexibility index (Phi) is 5.00. The molecule has 0 unspecified atom stereocenters. The van der Waals surface area contributed by atoms with Crippen molar-refractivity contribution < 1.29 is 4.92 Å². The highest BCUT2D eigenvalue weighted by Crippen LogP contribution is 2.26.